The van der Waals surface area contributed by atoms with Gasteiger partial charge in [-0.25, -0.2) is 0 Å². The Labute approximate surface area is 150 Å². The van der Waals surface area contributed by atoms with E-state index in [4.69, 9.17) is 4.98 Å². The van der Waals surface area contributed by atoms with Crippen molar-refractivity contribution in [3.05, 3.63) is 90.2 Å². The lowest BCUT2D eigenvalue weighted by molar-refractivity contribution is 0.816. The van der Waals surface area contributed by atoms with Crippen LogP contribution in [-0.2, 0) is 0 Å². The second-order valence-corrected chi connectivity index (χ2v) is 6.83. The number of nitrogens with zero attached hydrogens (tertiary/aromatic N) is 1. The summed E-state index contributed by atoms with van der Waals surface area (Å²) in [5, 5.41) is 0. The zero-order valence-electron chi connectivity index (χ0n) is 14.7. The van der Waals surface area contributed by atoms with Crippen LogP contribution in [0, 0.1) is 0 Å². The van der Waals surface area contributed by atoms with E-state index in [9.17, 15) is 0 Å². The predicted molar refractivity (Wildman–Crippen MR) is 110 cm³/mol. The summed E-state index contributed by atoms with van der Waals surface area (Å²) < 4.78 is 0. The van der Waals surface area contributed by atoms with Gasteiger partial charge in [-0.2, -0.15) is 0 Å². The van der Waals surface area contributed by atoms with Crippen molar-refractivity contribution in [1.29, 1.82) is 0 Å². The number of hydrogen-bond acceptors (Lipinski definition) is 1. The SMILES string of the molecule is Bc1ccc(-c2cc(C3=CCCC=C3)cc(C3C=CC=CC3)n2)cc1. The maximum atomic E-state index is 5.02. The normalized spacial score (nSPS) is 19.0. The minimum absolute atomic E-state index is 0.363. The molecule has 0 bridgehead atoms. The standard InChI is InChI=1S/C23H22BN/c24-21-13-11-19(12-14-21)23-16-20(17-7-3-1-4-8-17)15-22(25-23)18-9-5-2-6-10-18/h2-3,5-9,11-16,18H,1,4,10,24H2. The van der Waals surface area contributed by atoms with Crippen LogP contribution in [0.5, 0.6) is 0 Å². The van der Waals surface area contributed by atoms with E-state index in [0.29, 0.717) is 5.92 Å². The summed E-state index contributed by atoms with van der Waals surface area (Å²) in [5.74, 6) is 0.363. The zero-order valence-corrected chi connectivity index (χ0v) is 14.7. The molecule has 0 saturated heterocycles. The molecule has 1 nitrogen and oxygen atoms in total. The zero-order chi connectivity index (χ0) is 17.1. The fourth-order valence-corrected chi connectivity index (χ4v) is 3.41. The van der Waals surface area contributed by atoms with Gasteiger partial charge in [-0.05, 0) is 42.5 Å². The van der Waals surface area contributed by atoms with Gasteiger partial charge in [0.1, 0.15) is 7.85 Å². The van der Waals surface area contributed by atoms with Crippen molar-refractivity contribution in [3.63, 3.8) is 0 Å². The molecular formula is C23H22BN. The van der Waals surface area contributed by atoms with Crippen LogP contribution < -0.4 is 5.46 Å². The molecule has 0 N–H and O–H groups in total. The smallest absolute Gasteiger partial charge is 0.139 e. The molecule has 2 aliphatic carbocycles. The van der Waals surface area contributed by atoms with Gasteiger partial charge in [0, 0.05) is 17.2 Å². The lowest BCUT2D eigenvalue weighted by Crippen LogP contribution is -2.04. The molecule has 1 aromatic heterocycles. The molecule has 1 unspecified atom stereocenters. The highest BCUT2D eigenvalue weighted by atomic mass is 14.7. The average molecular weight is 323 g/mol. The Morgan fingerprint density at radius 3 is 2.52 bits per heavy atom. The summed E-state index contributed by atoms with van der Waals surface area (Å²) in [6.45, 7) is 0. The van der Waals surface area contributed by atoms with E-state index in [1.807, 2.05) is 0 Å². The molecule has 0 radical (unpaired) electrons. The molecule has 2 heteroatoms. The third-order valence-electron chi connectivity index (χ3n) is 4.88. The van der Waals surface area contributed by atoms with Crippen LogP contribution in [0.15, 0.2) is 78.9 Å². The van der Waals surface area contributed by atoms with E-state index in [1.54, 1.807) is 0 Å². The van der Waals surface area contributed by atoms with Crippen molar-refractivity contribution >= 4 is 18.9 Å². The number of rotatable bonds is 3. The summed E-state index contributed by atoms with van der Waals surface area (Å²) in [7, 11) is 2.12. The topological polar surface area (TPSA) is 12.9 Å². The first kappa shape index (κ1) is 15.9. The van der Waals surface area contributed by atoms with Crippen molar-refractivity contribution in [2.24, 2.45) is 0 Å². The molecule has 0 spiro atoms. The highest BCUT2D eigenvalue weighted by Gasteiger charge is 2.15. The van der Waals surface area contributed by atoms with Crippen LogP contribution in [0.1, 0.15) is 36.4 Å². The van der Waals surface area contributed by atoms with Crippen LogP contribution in [0.4, 0.5) is 0 Å². The lowest BCUT2D eigenvalue weighted by Gasteiger charge is -2.17. The lowest BCUT2D eigenvalue weighted by atomic mass is 9.91. The number of benzene rings is 1. The molecule has 2 aromatic rings. The first-order chi connectivity index (χ1) is 12.3. The van der Waals surface area contributed by atoms with Crippen LogP contribution >= 0.6 is 0 Å². The molecule has 4 rings (SSSR count). The van der Waals surface area contributed by atoms with Gasteiger partial charge in [0.25, 0.3) is 0 Å². The van der Waals surface area contributed by atoms with E-state index in [0.717, 1.165) is 30.7 Å². The van der Waals surface area contributed by atoms with E-state index < -0.39 is 0 Å². The van der Waals surface area contributed by atoms with Crippen molar-refractivity contribution in [1.82, 2.24) is 4.98 Å². The summed E-state index contributed by atoms with van der Waals surface area (Å²) in [5.41, 5.74) is 7.28. The van der Waals surface area contributed by atoms with Crippen molar-refractivity contribution in [3.8, 4) is 11.3 Å². The minimum Gasteiger partial charge on any atom is -0.252 e. The van der Waals surface area contributed by atoms with E-state index >= 15 is 0 Å². The molecule has 25 heavy (non-hydrogen) atoms. The van der Waals surface area contributed by atoms with E-state index in [-0.39, 0.29) is 0 Å². The molecule has 0 aliphatic heterocycles. The average Bonchev–Trinajstić information content (AvgIpc) is 2.69. The molecule has 2 aliphatic rings. The number of pyridine rings is 1. The quantitative estimate of drug-likeness (QED) is 0.766. The van der Waals surface area contributed by atoms with Gasteiger partial charge >= 0.3 is 0 Å². The maximum absolute atomic E-state index is 5.02. The van der Waals surface area contributed by atoms with Gasteiger partial charge in [0.2, 0.25) is 0 Å². The summed E-state index contributed by atoms with van der Waals surface area (Å²) >= 11 is 0. The van der Waals surface area contributed by atoms with Crippen LogP contribution in [0.25, 0.3) is 16.8 Å². The largest absolute Gasteiger partial charge is 0.252 e. The summed E-state index contributed by atoms with van der Waals surface area (Å²) in [6.07, 6.45) is 18.9. The molecule has 1 aromatic carbocycles. The second-order valence-electron chi connectivity index (χ2n) is 6.83. The van der Waals surface area contributed by atoms with Gasteiger partial charge in [-0.3, -0.25) is 4.98 Å². The highest BCUT2D eigenvalue weighted by molar-refractivity contribution is 6.32. The van der Waals surface area contributed by atoms with Crippen LogP contribution in [0.2, 0.25) is 0 Å². The van der Waals surface area contributed by atoms with Crippen LogP contribution in [-0.4, -0.2) is 12.8 Å². The molecule has 0 saturated carbocycles. The Bertz CT molecular complexity index is 885. The fourth-order valence-electron chi connectivity index (χ4n) is 3.41. The highest BCUT2D eigenvalue weighted by Crippen LogP contribution is 2.31. The summed E-state index contributed by atoms with van der Waals surface area (Å²) in [6, 6.07) is 13.2. The summed E-state index contributed by atoms with van der Waals surface area (Å²) in [4.78, 5) is 5.02. The molecule has 1 atom stereocenters. The Morgan fingerprint density at radius 2 is 1.80 bits per heavy atom. The maximum Gasteiger partial charge on any atom is 0.139 e. The van der Waals surface area contributed by atoms with Crippen molar-refractivity contribution < 1.29 is 0 Å². The van der Waals surface area contributed by atoms with Gasteiger partial charge in [0.15, 0.2) is 0 Å². The van der Waals surface area contributed by atoms with Gasteiger partial charge < -0.3 is 0 Å². The Hall–Kier alpha value is -2.61. The van der Waals surface area contributed by atoms with E-state index in [1.165, 1.54) is 22.2 Å². The molecular weight excluding hydrogens is 301 g/mol. The minimum atomic E-state index is 0.363. The molecule has 122 valence electrons. The number of hydrogen-bond donors (Lipinski definition) is 0. The van der Waals surface area contributed by atoms with Gasteiger partial charge in [-0.15, -0.1) is 0 Å². The first-order valence-electron chi connectivity index (χ1n) is 9.09. The fraction of sp³-hybridized carbons (Fsp3) is 0.174. The predicted octanol–water partition coefficient (Wildman–Crippen LogP) is 4.34. The van der Waals surface area contributed by atoms with E-state index in [2.05, 4.69) is 86.8 Å². The molecule has 0 amide bonds. The van der Waals surface area contributed by atoms with Crippen molar-refractivity contribution in [2.75, 3.05) is 0 Å². The Morgan fingerprint density at radius 1 is 0.920 bits per heavy atom. The van der Waals surface area contributed by atoms with Crippen LogP contribution in [0.3, 0.4) is 0 Å². The van der Waals surface area contributed by atoms with Gasteiger partial charge in [-0.1, -0.05) is 72.3 Å². The van der Waals surface area contributed by atoms with Crippen molar-refractivity contribution in [2.45, 2.75) is 25.2 Å². The third kappa shape index (κ3) is 3.58. The monoisotopic (exact) mass is 323 g/mol. The molecule has 0 fully saturated rings. The first-order valence-corrected chi connectivity index (χ1v) is 9.09. The molecule has 1 heterocycles. The van der Waals surface area contributed by atoms with Gasteiger partial charge in [0.05, 0.1) is 5.69 Å². The Kier molecular flexibility index (Phi) is 4.52. The number of allylic oxidation sites excluding steroid dienone is 8. The third-order valence-corrected chi connectivity index (χ3v) is 4.88. The second kappa shape index (κ2) is 7.10. The number of aromatic nitrogens is 1. The Balaban J connectivity index is 1.81.